The third kappa shape index (κ3) is 3.56. The first kappa shape index (κ1) is 15.8. The van der Waals surface area contributed by atoms with Gasteiger partial charge in [-0.25, -0.2) is 0 Å². The lowest BCUT2D eigenvalue weighted by Crippen LogP contribution is -2.13. The number of nitrogens with zero attached hydrogens (tertiary/aromatic N) is 1. The van der Waals surface area contributed by atoms with Crippen molar-refractivity contribution in [2.45, 2.75) is 6.10 Å². The number of carbonyl (C=O) groups excluding carboxylic acids is 1. The molecular formula is C16H15Cl2NO2. The fraction of sp³-hybridized carbons (Fsp3) is 0.188. The zero-order valence-electron chi connectivity index (χ0n) is 11.7. The van der Waals surface area contributed by atoms with Crippen LogP contribution in [0.1, 0.15) is 22.0 Å². The van der Waals surface area contributed by atoms with Crippen LogP contribution in [0.4, 0.5) is 5.69 Å². The summed E-state index contributed by atoms with van der Waals surface area (Å²) < 4.78 is 0. The van der Waals surface area contributed by atoms with E-state index >= 15 is 0 Å². The molecule has 0 heterocycles. The van der Waals surface area contributed by atoms with Crippen LogP contribution in [-0.2, 0) is 0 Å². The summed E-state index contributed by atoms with van der Waals surface area (Å²) in [6.07, 6.45) is -1.31. The van der Waals surface area contributed by atoms with E-state index in [0.29, 0.717) is 16.1 Å². The highest BCUT2D eigenvalue weighted by molar-refractivity contribution is 6.35. The lowest BCUT2D eigenvalue weighted by molar-refractivity contribution is 0.0747. The van der Waals surface area contributed by atoms with Crippen LogP contribution in [0.2, 0.25) is 10.0 Å². The van der Waals surface area contributed by atoms with Crippen LogP contribution in [0.3, 0.4) is 0 Å². The molecule has 0 amide bonds. The summed E-state index contributed by atoms with van der Waals surface area (Å²) in [7, 11) is 3.83. The van der Waals surface area contributed by atoms with Crippen molar-refractivity contribution in [3.8, 4) is 0 Å². The summed E-state index contributed by atoms with van der Waals surface area (Å²) in [6.45, 7) is 0. The second-order valence-corrected chi connectivity index (χ2v) is 5.72. The van der Waals surface area contributed by atoms with Gasteiger partial charge < -0.3 is 10.0 Å². The average Bonchev–Trinajstić information content (AvgIpc) is 2.46. The second-order valence-electron chi connectivity index (χ2n) is 4.87. The molecule has 1 N–H and O–H groups in total. The van der Waals surface area contributed by atoms with E-state index in [9.17, 15) is 9.90 Å². The molecule has 0 radical (unpaired) electrons. The molecule has 110 valence electrons. The minimum atomic E-state index is -1.31. The van der Waals surface area contributed by atoms with Crippen molar-refractivity contribution < 1.29 is 9.90 Å². The Labute approximate surface area is 133 Å². The molecule has 0 aliphatic carbocycles. The van der Waals surface area contributed by atoms with Gasteiger partial charge in [-0.05, 0) is 36.4 Å². The summed E-state index contributed by atoms with van der Waals surface area (Å²) in [5.74, 6) is -0.399. The highest BCUT2D eigenvalue weighted by Crippen LogP contribution is 2.28. The third-order valence-corrected chi connectivity index (χ3v) is 3.74. The number of Topliss-reactive ketones (excluding diaryl/α,β-unsaturated/α-hetero) is 1. The molecule has 0 saturated heterocycles. The molecule has 2 aromatic carbocycles. The predicted octanol–water partition coefficient (Wildman–Crippen LogP) is 3.98. The molecule has 1 unspecified atom stereocenters. The van der Waals surface area contributed by atoms with Gasteiger partial charge in [0, 0.05) is 41.0 Å². The van der Waals surface area contributed by atoms with E-state index in [1.165, 1.54) is 6.07 Å². The fourth-order valence-electron chi connectivity index (χ4n) is 1.95. The zero-order chi connectivity index (χ0) is 15.6. The Hall–Kier alpha value is -1.55. The van der Waals surface area contributed by atoms with E-state index in [-0.39, 0.29) is 5.02 Å². The topological polar surface area (TPSA) is 40.5 Å². The highest BCUT2D eigenvalue weighted by atomic mass is 35.5. The van der Waals surface area contributed by atoms with Crippen LogP contribution in [0.25, 0.3) is 0 Å². The number of aliphatic hydroxyl groups is 1. The first-order chi connectivity index (χ1) is 9.90. The van der Waals surface area contributed by atoms with Gasteiger partial charge >= 0.3 is 0 Å². The molecular weight excluding hydrogens is 309 g/mol. The molecule has 2 rings (SSSR count). The molecule has 0 fully saturated rings. The number of rotatable bonds is 4. The van der Waals surface area contributed by atoms with E-state index in [4.69, 9.17) is 23.2 Å². The van der Waals surface area contributed by atoms with Crippen molar-refractivity contribution >= 4 is 34.7 Å². The van der Waals surface area contributed by atoms with E-state index in [0.717, 1.165) is 5.69 Å². The molecule has 2 aromatic rings. The van der Waals surface area contributed by atoms with Crippen molar-refractivity contribution in [3.05, 3.63) is 63.6 Å². The molecule has 0 aliphatic heterocycles. The van der Waals surface area contributed by atoms with Gasteiger partial charge in [-0.3, -0.25) is 4.79 Å². The molecule has 0 saturated carbocycles. The van der Waals surface area contributed by atoms with E-state index in [2.05, 4.69) is 0 Å². The summed E-state index contributed by atoms with van der Waals surface area (Å²) in [4.78, 5) is 14.2. The summed E-state index contributed by atoms with van der Waals surface area (Å²) in [6, 6.07) is 11.7. The number of halogens is 2. The molecule has 3 nitrogen and oxygen atoms in total. The van der Waals surface area contributed by atoms with Gasteiger partial charge in [-0.1, -0.05) is 29.3 Å². The van der Waals surface area contributed by atoms with Gasteiger partial charge in [0.2, 0.25) is 0 Å². The Bertz CT molecular complexity index is 654. The Morgan fingerprint density at radius 3 is 2.24 bits per heavy atom. The van der Waals surface area contributed by atoms with Gasteiger partial charge in [0.05, 0.1) is 0 Å². The number of hydrogen-bond acceptors (Lipinski definition) is 3. The normalized spacial score (nSPS) is 12.0. The van der Waals surface area contributed by atoms with Crippen LogP contribution >= 0.6 is 23.2 Å². The predicted molar refractivity (Wildman–Crippen MR) is 86.5 cm³/mol. The first-order valence-corrected chi connectivity index (χ1v) is 7.10. The lowest BCUT2D eigenvalue weighted by atomic mass is 9.99. The Morgan fingerprint density at radius 1 is 1.10 bits per heavy atom. The molecule has 0 bridgehead atoms. The SMILES string of the molecule is CN(C)c1ccc(C(=O)C(O)c2ccc(Cl)cc2Cl)cc1. The first-order valence-electron chi connectivity index (χ1n) is 6.35. The maximum atomic E-state index is 12.3. The zero-order valence-corrected chi connectivity index (χ0v) is 13.2. The number of hydrogen-bond donors (Lipinski definition) is 1. The monoisotopic (exact) mass is 323 g/mol. The number of ketones is 1. The van der Waals surface area contributed by atoms with Gasteiger partial charge in [-0.2, -0.15) is 0 Å². The number of anilines is 1. The van der Waals surface area contributed by atoms with Gasteiger partial charge in [0.1, 0.15) is 6.10 Å². The quantitative estimate of drug-likeness (QED) is 0.865. The van der Waals surface area contributed by atoms with Gasteiger partial charge in [0.15, 0.2) is 5.78 Å². The maximum Gasteiger partial charge on any atom is 0.195 e. The van der Waals surface area contributed by atoms with E-state index < -0.39 is 11.9 Å². The van der Waals surface area contributed by atoms with E-state index in [1.54, 1.807) is 24.3 Å². The van der Waals surface area contributed by atoms with Crippen molar-refractivity contribution in [1.29, 1.82) is 0 Å². The van der Waals surface area contributed by atoms with Crippen LogP contribution in [-0.4, -0.2) is 25.0 Å². The van der Waals surface area contributed by atoms with Crippen molar-refractivity contribution in [1.82, 2.24) is 0 Å². The lowest BCUT2D eigenvalue weighted by Gasteiger charge is -2.14. The standard InChI is InChI=1S/C16H15Cl2NO2/c1-19(2)12-6-3-10(4-7-12)15(20)16(21)13-8-5-11(17)9-14(13)18/h3-9,16,21H,1-2H3. The van der Waals surface area contributed by atoms with Crippen molar-refractivity contribution in [2.24, 2.45) is 0 Å². The van der Waals surface area contributed by atoms with Gasteiger partial charge in [0.25, 0.3) is 0 Å². The Balaban J connectivity index is 2.26. The number of carbonyl (C=O) groups is 1. The molecule has 5 heteroatoms. The average molecular weight is 324 g/mol. The van der Waals surface area contributed by atoms with Crippen LogP contribution in [0, 0.1) is 0 Å². The molecule has 0 aromatic heterocycles. The summed E-state index contributed by atoms with van der Waals surface area (Å²) in [5.41, 5.74) is 1.76. The molecule has 1 atom stereocenters. The molecule has 0 aliphatic rings. The van der Waals surface area contributed by atoms with Gasteiger partial charge in [-0.15, -0.1) is 0 Å². The largest absolute Gasteiger partial charge is 0.380 e. The van der Waals surface area contributed by atoms with E-state index in [1.807, 2.05) is 31.1 Å². The maximum absolute atomic E-state index is 12.3. The van der Waals surface area contributed by atoms with Crippen LogP contribution in [0.15, 0.2) is 42.5 Å². The minimum absolute atomic E-state index is 0.272. The molecule has 21 heavy (non-hydrogen) atoms. The number of aliphatic hydroxyl groups excluding tert-OH is 1. The van der Waals surface area contributed by atoms with Crippen LogP contribution < -0.4 is 4.90 Å². The summed E-state index contributed by atoms with van der Waals surface area (Å²) in [5, 5.41) is 10.9. The van der Waals surface area contributed by atoms with Crippen LogP contribution in [0.5, 0.6) is 0 Å². The minimum Gasteiger partial charge on any atom is -0.380 e. The van der Waals surface area contributed by atoms with Crippen molar-refractivity contribution in [2.75, 3.05) is 19.0 Å². The smallest absolute Gasteiger partial charge is 0.195 e. The Kier molecular flexibility index (Phi) is 4.88. The third-order valence-electron chi connectivity index (χ3n) is 3.17. The fourth-order valence-corrected chi connectivity index (χ4v) is 2.46. The second kappa shape index (κ2) is 6.48. The number of benzene rings is 2. The summed E-state index contributed by atoms with van der Waals surface area (Å²) >= 11 is 11.8. The highest BCUT2D eigenvalue weighted by Gasteiger charge is 2.21. The Morgan fingerprint density at radius 2 is 1.71 bits per heavy atom. The molecule has 0 spiro atoms. The van der Waals surface area contributed by atoms with Crippen molar-refractivity contribution in [3.63, 3.8) is 0 Å².